The number of carbonyl (C=O) groups is 1. The number of rotatable bonds is 2. The Kier molecular flexibility index (Phi) is 4.58. The summed E-state index contributed by atoms with van der Waals surface area (Å²) in [7, 11) is 0. The molecule has 158 valence electrons. The maximum absolute atomic E-state index is 13.5. The highest BCUT2D eigenvalue weighted by Crippen LogP contribution is 2.66. The SMILES string of the molecule is CCn1ccc(/C=C2/C[C@H]3[C@@H]4CC[C@@H]5C[C@@H](O)CC[C@]5(C)[C@H]4CC[C@]3(C)C2=O)n1. The smallest absolute Gasteiger partial charge is 0.165 e. The summed E-state index contributed by atoms with van der Waals surface area (Å²) in [6.45, 7) is 7.70. The molecule has 7 atom stereocenters. The molecule has 0 aliphatic heterocycles. The summed E-state index contributed by atoms with van der Waals surface area (Å²) in [5, 5.41) is 14.8. The van der Waals surface area contributed by atoms with Gasteiger partial charge in [0.25, 0.3) is 0 Å². The molecule has 0 spiro atoms. The number of Topliss-reactive ketones (excluding diaryl/α,β-unsaturated/α-hetero) is 1. The van der Waals surface area contributed by atoms with Crippen LogP contribution in [0.2, 0.25) is 0 Å². The standard InChI is InChI=1S/C25H36N2O2/c1-4-27-12-9-18(26-27)13-16-14-22-20-6-5-17-15-19(28)7-10-24(17,2)21(20)8-11-25(22,3)23(16)29/h9,12-13,17,19-22,28H,4-8,10-11,14-15H2,1-3H3/b16-13-/t17-,19+,20-,21+,22+,24+,25+/m1/s1. The van der Waals surface area contributed by atoms with E-state index in [-0.39, 0.29) is 11.5 Å². The highest BCUT2D eigenvalue weighted by molar-refractivity contribution is 6.05. The first kappa shape index (κ1) is 19.5. The van der Waals surface area contributed by atoms with Crippen molar-refractivity contribution in [2.45, 2.75) is 84.8 Å². The molecule has 4 fully saturated rings. The van der Waals surface area contributed by atoms with E-state index in [9.17, 15) is 9.90 Å². The van der Waals surface area contributed by atoms with Crippen molar-refractivity contribution in [3.05, 3.63) is 23.5 Å². The lowest BCUT2D eigenvalue weighted by molar-refractivity contribution is -0.141. The van der Waals surface area contributed by atoms with E-state index in [1.807, 2.05) is 16.9 Å². The van der Waals surface area contributed by atoms with Crippen molar-refractivity contribution >= 4 is 11.9 Å². The molecule has 4 aliphatic rings. The summed E-state index contributed by atoms with van der Waals surface area (Å²) in [5.74, 6) is 2.92. The first-order valence-electron chi connectivity index (χ1n) is 11.8. The lowest BCUT2D eigenvalue weighted by Crippen LogP contribution is -2.54. The van der Waals surface area contributed by atoms with E-state index in [2.05, 4.69) is 31.9 Å². The molecule has 0 amide bonds. The number of aliphatic hydroxyl groups is 1. The van der Waals surface area contributed by atoms with Crippen molar-refractivity contribution in [2.75, 3.05) is 0 Å². The van der Waals surface area contributed by atoms with Crippen LogP contribution >= 0.6 is 0 Å². The van der Waals surface area contributed by atoms with Crippen molar-refractivity contribution < 1.29 is 9.90 Å². The number of ketones is 1. The molecule has 29 heavy (non-hydrogen) atoms. The number of hydrogen-bond acceptors (Lipinski definition) is 3. The van der Waals surface area contributed by atoms with Gasteiger partial charge in [-0.25, -0.2) is 0 Å². The predicted molar refractivity (Wildman–Crippen MR) is 114 cm³/mol. The lowest BCUT2D eigenvalue weighted by Gasteiger charge is -2.59. The Hall–Kier alpha value is -1.42. The molecular weight excluding hydrogens is 360 g/mol. The summed E-state index contributed by atoms with van der Waals surface area (Å²) in [4.78, 5) is 13.5. The minimum absolute atomic E-state index is 0.0935. The zero-order chi connectivity index (χ0) is 20.4. The van der Waals surface area contributed by atoms with Gasteiger partial charge in [0.2, 0.25) is 0 Å². The van der Waals surface area contributed by atoms with E-state index >= 15 is 0 Å². The van der Waals surface area contributed by atoms with Gasteiger partial charge in [-0.05, 0) is 105 Å². The van der Waals surface area contributed by atoms with E-state index < -0.39 is 0 Å². The van der Waals surface area contributed by atoms with Crippen LogP contribution in [0.1, 0.15) is 77.8 Å². The minimum Gasteiger partial charge on any atom is -0.393 e. The second kappa shape index (κ2) is 6.80. The van der Waals surface area contributed by atoms with Crippen molar-refractivity contribution in [1.29, 1.82) is 0 Å². The molecule has 4 aliphatic carbocycles. The first-order valence-corrected chi connectivity index (χ1v) is 11.8. The molecule has 5 rings (SSSR count). The number of allylic oxidation sites excluding steroid dienone is 1. The van der Waals surface area contributed by atoms with Crippen LogP contribution in [-0.4, -0.2) is 26.8 Å². The fourth-order valence-electron chi connectivity index (χ4n) is 7.84. The second-order valence-electron chi connectivity index (χ2n) is 10.8. The van der Waals surface area contributed by atoms with Crippen molar-refractivity contribution in [3.8, 4) is 0 Å². The molecule has 0 unspecified atom stereocenters. The number of nitrogens with zero attached hydrogens (tertiary/aromatic N) is 2. The first-order chi connectivity index (χ1) is 13.8. The average molecular weight is 397 g/mol. The van der Waals surface area contributed by atoms with Crippen molar-refractivity contribution in [1.82, 2.24) is 9.78 Å². The topological polar surface area (TPSA) is 55.1 Å². The van der Waals surface area contributed by atoms with E-state index in [1.165, 1.54) is 19.3 Å². The van der Waals surface area contributed by atoms with Gasteiger partial charge < -0.3 is 5.11 Å². The third-order valence-corrected chi connectivity index (χ3v) is 9.59. The maximum Gasteiger partial charge on any atom is 0.165 e. The molecule has 0 radical (unpaired) electrons. The van der Waals surface area contributed by atoms with Crippen LogP contribution in [0.5, 0.6) is 0 Å². The van der Waals surface area contributed by atoms with Gasteiger partial charge in [0.15, 0.2) is 5.78 Å². The number of carbonyl (C=O) groups excluding carboxylic acids is 1. The lowest BCUT2D eigenvalue weighted by atomic mass is 9.45. The molecular formula is C25H36N2O2. The number of aliphatic hydroxyl groups excluding tert-OH is 1. The van der Waals surface area contributed by atoms with Gasteiger partial charge in [-0.3, -0.25) is 9.48 Å². The number of aromatic nitrogens is 2. The van der Waals surface area contributed by atoms with Crippen molar-refractivity contribution in [3.63, 3.8) is 0 Å². The molecule has 0 saturated heterocycles. The minimum atomic E-state index is -0.183. The highest BCUT2D eigenvalue weighted by Gasteiger charge is 2.61. The van der Waals surface area contributed by atoms with Gasteiger partial charge in [0.1, 0.15) is 0 Å². The molecule has 4 nitrogen and oxygen atoms in total. The Labute approximate surface area is 174 Å². The van der Waals surface area contributed by atoms with E-state index in [4.69, 9.17) is 0 Å². The number of fused-ring (bicyclic) bond motifs is 5. The predicted octanol–water partition coefficient (Wildman–Crippen LogP) is 4.87. The third-order valence-electron chi connectivity index (χ3n) is 9.59. The Morgan fingerprint density at radius 1 is 1.21 bits per heavy atom. The highest BCUT2D eigenvalue weighted by atomic mass is 16.3. The molecule has 0 aromatic carbocycles. The van der Waals surface area contributed by atoms with Crippen LogP contribution in [0.15, 0.2) is 17.8 Å². The number of hydrogen-bond donors (Lipinski definition) is 1. The normalized spacial score (nSPS) is 45.7. The van der Waals surface area contributed by atoms with Gasteiger partial charge in [0.05, 0.1) is 11.8 Å². The Morgan fingerprint density at radius 3 is 2.79 bits per heavy atom. The van der Waals surface area contributed by atoms with Crippen LogP contribution in [0, 0.1) is 34.5 Å². The molecule has 1 heterocycles. The number of aryl methyl sites for hydroxylation is 1. The average Bonchev–Trinajstić information content (AvgIpc) is 3.26. The third kappa shape index (κ3) is 2.89. The quantitative estimate of drug-likeness (QED) is 0.726. The summed E-state index contributed by atoms with van der Waals surface area (Å²) >= 11 is 0. The molecule has 1 N–H and O–H groups in total. The zero-order valence-electron chi connectivity index (χ0n) is 18.2. The van der Waals surface area contributed by atoms with Gasteiger partial charge in [0, 0.05) is 18.2 Å². The molecule has 0 bridgehead atoms. The van der Waals surface area contributed by atoms with Gasteiger partial charge in [-0.15, -0.1) is 0 Å². The fraction of sp³-hybridized carbons (Fsp3) is 0.760. The van der Waals surface area contributed by atoms with Crippen LogP contribution in [-0.2, 0) is 11.3 Å². The molecule has 1 aromatic heterocycles. The van der Waals surface area contributed by atoms with Crippen LogP contribution in [0.25, 0.3) is 6.08 Å². The largest absolute Gasteiger partial charge is 0.393 e. The Bertz CT molecular complexity index is 842. The summed E-state index contributed by atoms with van der Waals surface area (Å²) in [5.41, 5.74) is 2.10. The van der Waals surface area contributed by atoms with Crippen LogP contribution in [0.3, 0.4) is 0 Å². The van der Waals surface area contributed by atoms with Crippen LogP contribution < -0.4 is 0 Å². The molecule has 4 heteroatoms. The summed E-state index contributed by atoms with van der Waals surface area (Å²) in [6.07, 6.45) is 12.7. The summed E-state index contributed by atoms with van der Waals surface area (Å²) < 4.78 is 1.93. The maximum atomic E-state index is 13.5. The Morgan fingerprint density at radius 2 is 2.03 bits per heavy atom. The van der Waals surface area contributed by atoms with Gasteiger partial charge in [-0.1, -0.05) is 13.8 Å². The van der Waals surface area contributed by atoms with E-state index in [0.29, 0.717) is 29.0 Å². The molecule has 1 aromatic rings. The van der Waals surface area contributed by atoms with E-state index in [0.717, 1.165) is 55.8 Å². The molecule has 4 saturated carbocycles. The zero-order valence-corrected chi connectivity index (χ0v) is 18.2. The van der Waals surface area contributed by atoms with Crippen molar-refractivity contribution in [2.24, 2.45) is 34.5 Å². The monoisotopic (exact) mass is 396 g/mol. The second-order valence-corrected chi connectivity index (χ2v) is 10.8. The Balaban J connectivity index is 1.43. The van der Waals surface area contributed by atoms with Gasteiger partial charge in [-0.2, -0.15) is 5.10 Å². The summed E-state index contributed by atoms with van der Waals surface area (Å²) in [6, 6.07) is 2.02. The van der Waals surface area contributed by atoms with Crippen LogP contribution in [0.4, 0.5) is 0 Å². The van der Waals surface area contributed by atoms with E-state index in [1.54, 1.807) is 0 Å². The van der Waals surface area contributed by atoms with Gasteiger partial charge >= 0.3 is 0 Å². The fourth-order valence-corrected chi connectivity index (χ4v) is 7.84.